The van der Waals surface area contributed by atoms with E-state index < -0.39 is 0 Å². The number of nitrogens with zero attached hydrogens (tertiary/aromatic N) is 2. The maximum absolute atomic E-state index is 12.0. The minimum absolute atomic E-state index is 0.226. The molecule has 1 saturated heterocycles. The summed E-state index contributed by atoms with van der Waals surface area (Å²) in [6, 6.07) is 3.66. The number of anilines is 1. The van der Waals surface area contributed by atoms with Crippen LogP contribution in [-0.2, 0) is 4.79 Å². The van der Waals surface area contributed by atoms with Gasteiger partial charge in [-0.3, -0.25) is 4.79 Å². The van der Waals surface area contributed by atoms with E-state index in [0.717, 1.165) is 36.7 Å². The summed E-state index contributed by atoms with van der Waals surface area (Å²) in [5.41, 5.74) is 5.52. The van der Waals surface area contributed by atoms with E-state index in [1.54, 1.807) is 12.3 Å². The Morgan fingerprint density at radius 1 is 1.50 bits per heavy atom. The van der Waals surface area contributed by atoms with Crippen LogP contribution < -0.4 is 5.73 Å². The first-order valence-electron chi connectivity index (χ1n) is 6.27. The minimum Gasteiger partial charge on any atom is -0.384 e. The van der Waals surface area contributed by atoms with Crippen molar-refractivity contribution in [2.24, 2.45) is 5.92 Å². The number of nitrogen functional groups attached to an aromatic ring is 1. The zero-order valence-electron chi connectivity index (χ0n) is 10.6. The number of amides is 1. The second-order valence-electron chi connectivity index (χ2n) is 4.77. The number of piperidine rings is 1. The second-order valence-corrected chi connectivity index (χ2v) is 5.82. The van der Waals surface area contributed by atoms with E-state index in [-0.39, 0.29) is 5.91 Å². The van der Waals surface area contributed by atoms with E-state index in [9.17, 15) is 4.79 Å². The lowest BCUT2D eigenvalue weighted by Crippen LogP contribution is -2.38. The Morgan fingerprint density at radius 3 is 2.83 bits per heavy atom. The van der Waals surface area contributed by atoms with Gasteiger partial charge in [-0.15, -0.1) is 11.8 Å². The van der Waals surface area contributed by atoms with Crippen LogP contribution in [0.1, 0.15) is 19.8 Å². The van der Waals surface area contributed by atoms with Gasteiger partial charge in [-0.2, -0.15) is 0 Å². The maximum Gasteiger partial charge on any atom is 0.232 e. The molecule has 1 aromatic rings. The summed E-state index contributed by atoms with van der Waals surface area (Å²) >= 11 is 1.52. The molecule has 5 heteroatoms. The van der Waals surface area contributed by atoms with Gasteiger partial charge in [-0.1, -0.05) is 6.92 Å². The first kappa shape index (κ1) is 13.2. The van der Waals surface area contributed by atoms with Gasteiger partial charge in [0.15, 0.2) is 0 Å². The second kappa shape index (κ2) is 6.09. The summed E-state index contributed by atoms with van der Waals surface area (Å²) in [6.07, 6.45) is 3.96. The molecule has 0 saturated carbocycles. The third-order valence-corrected chi connectivity index (χ3v) is 4.22. The number of carbonyl (C=O) groups excluding carboxylic acids is 1. The van der Waals surface area contributed by atoms with Crippen LogP contribution in [0.15, 0.2) is 23.2 Å². The van der Waals surface area contributed by atoms with Gasteiger partial charge in [-0.25, -0.2) is 4.98 Å². The molecule has 18 heavy (non-hydrogen) atoms. The van der Waals surface area contributed by atoms with E-state index in [1.165, 1.54) is 11.8 Å². The van der Waals surface area contributed by atoms with Crippen LogP contribution in [0.25, 0.3) is 0 Å². The third-order valence-electron chi connectivity index (χ3n) is 3.26. The highest BCUT2D eigenvalue weighted by Crippen LogP contribution is 2.20. The van der Waals surface area contributed by atoms with Crippen LogP contribution in [0.4, 0.5) is 5.82 Å². The van der Waals surface area contributed by atoms with E-state index in [4.69, 9.17) is 5.73 Å². The topological polar surface area (TPSA) is 59.2 Å². The zero-order valence-corrected chi connectivity index (χ0v) is 11.4. The summed E-state index contributed by atoms with van der Waals surface area (Å²) < 4.78 is 0. The van der Waals surface area contributed by atoms with E-state index in [0.29, 0.717) is 11.6 Å². The number of thioether (sulfide) groups is 1. The summed E-state index contributed by atoms with van der Waals surface area (Å²) in [6.45, 7) is 4.05. The smallest absolute Gasteiger partial charge is 0.232 e. The molecule has 0 atom stereocenters. The Morgan fingerprint density at radius 2 is 2.22 bits per heavy atom. The van der Waals surface area contributed by atoms with Crippen LogP contribution in [-0.4, -0.2) is 34.6 Å². The highest BCUT2D eigenvalue weighted by molar-refractivity contribution is 8.00. The number of pyridine rings is 1. The monoisotopic (exact) mass is 265 g/mol. The Hall–Kier alpha value is -1.23. The van der Waals surface area contributed by atoms with Crippen LogP contribution in [0.3, 0.4) is 0 Å². The number of hydrogen-bond acceptors (Lipinski definition) is 4. The number of nitrogens with two attached hydrogens (primary N) is 1. The van der Waals surface area contributed by atoms with Crippen molar-refractivity contribution in [1.29, 1.82) is 0 Å². The molecule has 1 aliphatic heterocycles. The van der Waals surface area contributed by atoms with Crippen molar-refractivity contribution >= 4 is 23.5 Å². The number of rotatable bonds is 3. The maximum atomic E-state index is 12.0. The van der Waals surface area contributed by atoms with Gasteiger partial charge in [0, 0.05) is 24.2 Å². The van der Waals surface area contributed by atoms with E-state index in [1.807, 2.05) is 11.0 Å². The molecule has 0 unspecified atom stereocenters. The molecular formula is C13H19N3OS. The van der Waals surface area contributed by atoms with Crippen molar-refractivity contribution in [2.75, 3.05) is 24.6 Å². The molecule has 2 N–H and O–H groups in total. The van der Waals surface area contributed by atoms with Gasteiger partial charge in [0.05, 0.1) is 5.75 Å². The molecule has 1 fully saturated rings. The fourth-order valence-corrected chi connectivity index (χ4v) is 2.74. The van der Waals surface area contributed by atoms with Gasteiger partial charge in [-0.05, 0) is 30.9 Å². The largest absolute Gasteiger partial charge is 0.384 e. The van der Waals surface area contributed by atoms with Crippen LogP contribution in [0.2, 0.25) is 0 Å². The lowest BCUT2D eigenvalue weighted by Gasteiger charge is -2.30. The highest BCUT2D eigenvalue weighted by Gasteiger charge is 2.19. The molecule has 2 rings (SSSR count). The lowest BCUT2D eigenvalue weighted by molar-refractivity contribution is -0.129. The van der Waals surface area contributed by atoms with Crippen LogP contribution >= 0.6 is 11.8 Å². The number of hydrogen-bond donors (Lipinski definition) is 1. The van der Waals surface area contributed by atoms with Gasteiger partial charge in [0.1, 0.15) is 5.82 Å². The molecule has 0 aromatic carbocycles. The fraction of sp³-hybridized carbons (Fsp3) is 0.538. The molecule has 98 valence electrons. The number of carbonyl (C=O) groups is 1. The van der Waals surface area contributed by atoms with Crippen molar-refractivity contribution in [2.45, 2.75) is 24.7 Å². The van der Waals surface area contributed by atoms with Gasteiger partial charge in [0.25, 0.3) is 0 Å². The predicted octanol–water partition coefficient (Wildman–Crippen LogP) is 2.01. The predicted molar refractivity (Wildman–Crippen MR) is 74.4 cm³/mol. The first-order valence-corrected chi connectivity index (χ1v) is 7.26. The van der Waals surface area contributed by atoms with Crippen molar-refractivity contribution in [1.82, 2.24) is 9.88 Å². The quantitative estimate of drug-likeness (QED) is 0.849. The van der Waals surface area contributed by atoms with Gasteiger partial charge in [0.2, 0.25) is 5.91 Å². The average molecular weight is 265 g/mol. The molecule has 4 nitrogen and oxygen atoms in total. The lowest BCUT2D eigenvalue weighted by atomic mass is 9.99. The summed E-state index contributed by atoms with van der Waals surface area (Å²) in [5, 5.41) is 0. The fourth-order valence-electron chi connectivity index (χ4n) is 1.97. The van der Waals surface area contributed by atoms with Crippen LogP contribution in [0.5, 0.6) is 0 Å². The zero-order chi connectivity index (χ0) is 13.0. The number of likely N-dealkylation sites (tertiary alicyclic amines) is 1. The number of aromatic nitrogens is 1. The van der Waals surface area contributed by atoms with Crippen molar-refractivity contribution in [3.05, 3.63) is 18.3 Å². The van der Waals surface area contributed by atoms with E-state index >= 15 is 0 Å². The molecule has 0 aliphatic carbocycles. The normalized spacial score (nSPS) is 16.8. The van der Waals surface area contributed by atoms with Crippen molar-refractivity contribution < 1.29 is 4.79 Å². The van der Waals surface area contributed by atoms with Crippen molar-refractivity contribution in [3.8, 4) is 0 Å². The SMILES string of the molecule is CC1CCN(C(=O)CSc2ccc(N)nc2)CC1. The third kappa shape index (κ3) is 3.63. The molecule has 1 aliphatic rings. The van der Waals surface area contributed by atoms with Crippen molar-refractivity contribution in [3.63, 3.8) is 0 Å². The minimum atomic E-state index is 0.226. The van der Waals surface area contributed by atoms with E-state index in [2.05, 4.69) is 11.9 Å². The molecule has 1 aromatic heterocycles. The van der Waals surface area contributed by atoms with Gasteiger partial charge >= 0.3 is 0 Å². The summed E-state index contributed by atoms with van der Waals surface area (Å²) in [7, 11) is 0. The molecule has 1 amide bonds. The summed E-state index contributed by atoms with van der Waals surface area (Å²) in [4.78, 5) is 19.0. The first-order chi connectivity index (χ1) is 8.65. The molecule has 0 spiro atoms. The molecular weight excluding hydrogens is 246 g/mol. The Labute approximate surface area is 112 Å². The van der Waals surface area contributed by atoms with Gasteiger partial charge < -0.3 is 10.6 Å². The Balaban J connectivity index is 1.79. The summed E-state index contributed by atoms with van der Waals surface area (Å²) in [5.74, 6) is 1.97. The molecule has 0 radical (unpaired) electrons. The average Bonchev–Trinajstić information content (AvgIpc) is 2.38. The van der Waals surface area contributed by atoms with Crippen LogP contribution in [0, 0.1) is 5.92 Å². The molecule has 0 bridgehead atoms. The highest BCUT2D eigenvalue weighted by atomic mass is 32.2. The Kier molecular flexibility index (Phi) is 4.47. The standard InChI is InChI=1S/C13H19N3OS/c1-10-4-6-16(7-5-10)13(17)9-18-11-2-3-12(14)15-8-11/h2-3,8,10H,4-7,9H2,1H3,(H2,14,15). The molecule has 2 heterocycles. The Bertz CT molecular complexity index is 399.